The average molecular weight is 447 g/mol. The zero-order valence-corrected chi connectivity index (χ0v) is 20.9. The fourth-order valence-electron chi connectivity index (χ4n) is 5.49. The molecule has 2 fully saturated rings. The van der Waals surface area contributed by atoms with E-state index in [9.17, 15) is 0 Å². The summed E-state index contributed by atoms with van der Waals surface area (Å²) >= 11 is 0. The summed E-state index contributed by atoms with van der Waals surface area (Å²) in [5.74, 6) is 0.835. The molecule has 0 N–H and O–H groups in total. The van der Waals surface area contributed by atoms with Crippen molar-refractivity contribution >= 4 is 16.7 Å². The maximum Gasteiger partial charge on any atom is 0.147 e. The van der Waals surface area contributed by atoms with Crippen LogP contribution in [-0.2, 0) is 4.74 Å². The largest absolute Gasteiger partial charge is 0.379 e. The van der Waals surface area contributed by atoms with Crippen LogP contribution in [-0.4, -0.2) is 60.4 Å². The van der Waals surface area contributed by atoms with Gasteiger partial charge in [-0.3, -0.25) is 4.90 Å². The Morgan fingerprint density at radius 2 is 1.67 bits per heavy atom. The predicted molar refractivity (Wildman–Crippen MR) is 137 cm³/mol. The van der Waals surface area contributed by atoms with Gasteiger partial charge in [0.25, 0.3) is 0 Å². The van der Waals surface area contributed by atoms with Gasteiger partial charge in [-0.25, -0.2) is 4.98 Å². The van der Waals surface area contributed by atoms with E-state index < -0.39 is 0 Å². The van der Waals surface area contributed by atoms with Gasteiger partial charge in [-0.1, -0.05) is 17.7 Å². The molecule has 0 radical (unpaired) electrons. The normalized spacial score (nSPS) is 17.1. The number of anilines is 1. The molecule has 2 aliphatic rings. The zero-order valence-electron chi connectivity index (χ0n) is 20.9. The number of hydrogen-bond acceptors (Lipinski definition) is 4. The van der Waals surface area contributed by atoms with Gasteiger partial charge in [-0.2, -0.15) is 0 Å². The quantitative estimate of drug-likeness (QED) is 0.505. The molecular formula is C28H38N4O. The maximum absolute atomic E-state index is 5.56. The number of pyridine rings is 1. The van der Waals surface area contributed by atoms with Crippen molar-refractivity contribution in [3.8, 4) is 5.69 Å². The third kappa shape index (κ3) is 4.67. The van der Waals surface area contributed by atoms with Gasteiger partial charge in [0.15, 0.2) is 0 Å². The third-order valence-corrected chi connectivity index (χ3v) is 7.24. The average Bonchev–Trinajstić information content (AvgIpc) is 3.53. The second-order valence-electron chi connectivity index (χ2n) is 10.3. The Labute approximate surface area is 198 Å². The van der Waals surface area contributed by atoms with E-state index in [1.165, 1.54) is 51.9 Å². The lowest BCUT2D eigenvalue weighted by molar-refractivity contribution is 0.0391. The second kappa shape index (κ2) is 9.11. The van der Waals surface area contributed by atoms with Gasteiger partial charge in [0, 0.05) is 55.7 Å². The number of aryl methyl sites for hydroxylation is 5. The molecule has 0 atom stereocenters. The molecule has 2 aromatic heterocycles. The highest BCUT2D eigenvalue weighted by Crippen LogP contribution is 2.37. The SMILES string of the molecule is Cc1cc(C)c(-n2cc(C)c3c(N(CCN4CCOCC4)CC4CC4)cc(C)nc32)c(C)c1. The molecule has 3 heterocycles. The monoisotopic (exact) mass is 446 g/mol. The van der Waals surface area contributed by atoms with Crippen molar-refractivity contribution in [2.75, 3.05) is 50.8 Å². The Hall–Kier alpha value is -2.37. The number of aromatic nitrogens is 2. The van der Waals surface area contributed by atoms with Crippen LogP contribution >= 0.6 is 0 Å². The molecule has 1 saturated carbocycles. The summed E-state index contributed by atoms with van der Waals surface area (Å²) in [6.45, 7) is 18.1. The van der Waals surface area contributed by atoms with Gasteiger partial charge in [0.1, 0.15) is 5.65 Å². The number of hydrogen-bond donors (Lipinski definition) is 0. The van der Waals surface area contributed by atoms with Crippen LogP contribution < -0.4 is 4.90 Å². The van der Waals surface area contributed by atoms with E-state index in [0.717, 1.165) is 63.2 Å². The van der Waals surface area contributed by atoms with Gasteiger partial charge < -0.3 is 14.2 Å². The Kier molecular flexibility index (Phi) is 6.19. The fraction of sp³-hybridized carbons (Fsp3) is 0.536. The van der Waals surface area contributed by atoms with Crippen molar-refractivity contribution < 1.29 is 4.74 Å². The Morgan fingerprint density at radius 3 is 2.33 bits per heavy atom. The van der Waals surface area contributed by atoms with Crippen molar-refractivity contribution in [1.29, 1.82) is 0 Å². The van der Waals surface area contributed by atoms with Gasteiger partial charge >= 0.3 is 0 Å². The van der Waals surface area contributed by atoms with E-state index in [2.05, 4.69) is 73.4 Å². The molecule has 5 nitrogen and oxygen atoms in total. The van der Waals surface area contributed by atoms with Crippen molar-refractivity contribution in [2.45, 2.75) is 47.5 Å². The van der Waals surface area contributed by atoms with Gasteiger partial charge in [0.05, 0.1) is 18.9 Å². The molecule has 5 rings (SSSR count). The van der Waals surface area contributed by atoms with E-state index in [1.54, 1.807) is 0 Å². The zero-order chi connectivity index (χ0) is 23.1. The first kappa shape index (κ1) is 22.4. The third-order valence-electron chi connectivity index (χ3n) is 7.24. The summed E-state index contributed by atoms with van der Waals surface area (Å²) in [5, 5.41) is 1.31. The van der Waals surface area contributed by atoms with Crippen molar-refractivity contribution in [1.82, 2.24) is 14.5 Å². The van der Waals surface area contributed by atoms with Crippen molar-refractivity contribution in [3.63, 3.8) is 0 Å². The Bertz CT molecular complexity index is 1130. The van der Waals surface area contributed by atoms with E-state index in [0.29, 0.717) is 0 Å². The molecule has 1 aromatic carbocycles. The van der Waals surface area contributed by atoms with E-state index in [4.69, 9.17) is 9.72 Å². The van der Waals surface area contributed by atoms with Crippen molar-refractivity contribution in [3.05, 3.63) is 52.3 Å². The number of fused-ring (bicyclic) bond motifs is 1. The smallest absolute Gasteiger partial charge is 0.147 e. The molecule has 0 unspecified atom stereocenters. The highest BCUT2D eigenvalue weighted by Gasteiger charge is 2.27. The van der Waals surface area contributed by atoms with Crippen LogP contribution in [0.2, 0.25) is 0 Å². The number of ether oxygens (including phenoxy) is 1. The highest BCUT2D eigenvalue weighted by atomic mass is 16.5. The molecule has 33 heavy (non-hydrogen) atoms. The molecular weight excluding hydrogens is 408 g/mol. The first-order valence-corrected chi connectivity index (χ1v) is 12.5. The predicted octanol–water partition coefficient (Wildman–Crippen LogP) is 5.12. The van der Waals surface area contributed by atoms with Crippen LogP contribution in [0, 0.1) is 40.5 Å². The van der Waals surface area contributed by atoms with Crippen LogP contribution in [0.3, 0.4) is 0 Å². The molecule has 3 aromatic rings. The van der Waals surface area contributed by atoms with E-state index in [1.807, 2.05) is 0 Å². The molecule has 1 aliphatic carbocycles. The minimum absolute atomic E-state index is 0.835. The lowest BCUT2D eigenvalue weighted by Crippen LogP contribution is -2.42. The molecule has 0 amide bonds. The Balaban J connectivity index is 1.57. The van der Waals surface area contributed by atoms with Crippen LogP contribution in [0.1, 0.15) is 40.8 Å². The summed E-state index contributed by atoms with van der Waals surface area (Å²) < 4.78 is 7.90. The summed E-state index contributed by atoms with van der Waals surface area (Å²) in [6, 6.07) is 6.88. The number of morpholine rings is 1. The summed E-state index contributed by atoms with van der Waals surface area (Å²) in [4.78, 5) is 10.3. The summed E-state index contributed by atoms with van der Waals surface area (Å²) in [7, 11) is 0. The maximum atomic E-state index is 5.56. The van der Waals surface area contributed by atoms with Crippen LogP contribution in [0.5, 0.6) is 0 Å². The number of rotatable bonds is 7. The summed E-state index contributed by atoms with van der Waals surface area (Å²) in [6.07, 6.45) is 5.02. The summed E-state index contributed by atoms with van der Waals surface area (Å²) in [5.41, 5.74) is 10.0. The highest BCUT2D eigenvalue weighted by molar-refractivity contribution is 5.95. The first-order valence-electron chi connectivity index (χ1n) is 12.5. The van der Waals surface area contributed by atoms with Gasteiger partial charge in [0.2, 0.25) is 0 Å². The molecule has 1 aliphatic heterocycles. The number of nitrogens with zero attached hydrogens (tertiary/aromatic N) is 4. The van der Waals surface area contributed by atoms with Crippen molar-refractivity contribution in [2.24, 2.45) is 5.92 Å². The van der Waals surface area contributed by atoms with Crippen LogP contribution in [0.4, 0.5) is 5.69 Å². The second-order valence-corrected chi connectivity index (χ2v) is 10.3. The minimum Gasteiger partial charge on any atom is -0.379 e. The minimum atomic E-state index is 0.835. The molecule has 0 bridgehead atoms. The number of benzene rings is 1. The van der Waals surface area contributed by atoms with Gasteiger partial charge in [-0.15, -0.1) is 0 Å². The van der Waals surface area contributed by atoms with Crippen LogP contribution in [0.15, 0.2) is 24.4 Å². The van der Waals surface area contributed by atoms with Gasteiger partial charge in [-0.05, 0) is 76.1 Å². The molecule has 5 heteroatoms. The fourth-order valence-corrected chi connectivity index (χ4v) is 5.49. The first-order chi connectivity index (χ1) is 15.9. The molecule has 1 saturated heterocycles. The lowest BCUT2D eigenvalue weighted by atomic mass is 10.1. The lowest BCUT2D eigenvalue weighted by Gasteiger charge is -2.32. The Morgan fingerprint density at radius 1 is 0.970 bits per heavy atom. The van der Waals surface area contributed by atoms with E-state index in [-0.39, 0.29) is 0 Å². The topological polar surface area (TPSA) is 33.5 Å². The van der Waals surface area contributed by atoms with E-state index >= 15 is 0 Å². The molecule has 0 spiro atoms. The van der Waals surface area contributed by atoms with Crippen LogP contribution in [0.25, 0.3) is 16.7 Å². The standard InChI is InChI=1S/C28H38N4O/c1-19-14-20(2)27(21(3)15-19)32-17-22(4)26-25(16-23(5)29-28(26)32)31(18-24-6-7-24)9-8-30-10-12-33-13-11-30/h14-17,24H,6-13,18H2,1-5H3. The molecule has 176 valence electrons.